The van der Waals surface area contributed by atoms with Gasteiger partial charge in [-0.1, -0.05) is 23.8 Å². The van der Waals surface area contributed by atoms with Crippen molar-refractivity contribution < 1.29 is 23.9 Å². The number of hydrogen-bond donors (Lipinski definition) is 3. The highest BCUT2D eigenvalue weighted by Gasteiger charge is 2.11. The molecule has 3 aromatic rings. The Bertz CT molecular complexity index is 1160. The predicted octanol–water partition coefficient (Wildman–Crippen LogP) is 3.40. The highest BCUT2D eigenvalue weighted by molar-refractivity contribution is 6.04. The second kappa shape index (κ2) is 10.8. The highest BCUT2D eigenvalue weighted by atomic mass is 16.5. The Labute approximate surface area is 191 Å². The van der Waals surface area contributed by atoms with Crippen molar-refractivity contribution >= 4 is 23.4 Å². The lowest BCUT2D eigenvalue weighted by atomic mass is 10.1. The first-order chi connectivity index (χ1) is 15.9. The molecule has 0 atom stereocenters. The van der Waals surface area contributed by atoms with Crippen molar-refractivity contribution in [3.05, 3.63) is 89.0 Å². The lowest BCUT2D eigenvalue weighted by Crippen LogP contribution is -2.43. The number of hydrazine groups is 1. The molecule has 0 saturated carbocycles. The van der Waals surface area contributed by atoms with Crippen LogP contribution < -0.4 is 25.6 Å². The van der Waals surface area contributed by atoms with Crippen molar-refractivity contribution in [2.24, 2.45) is 0 Å². The van der Waals surface area contributed by atoms with Crippen molar-refractivity contribution in [3.63, 3.8) is 0 Å². The molecule has 170 valence electrons. The van der Waals surface area contributed by atoms with Crippen LogP contribution in [0.5, 0.6) is 11.5 Å². The molecule has 0 aromatic heterocycles. The quantitative estimate of drug-likeness (QED) is 0.482. The summed E-state index contributed by atoms with van der Waals surface area (Å²) in [7, 11) is 1.52. The van der Waals surface area contributed by atoms with Crippen LogP contribution in [0.3, 0.4) is 0 Å². The van der Waals surface area contributed by atoms with Gasteiger partial charge in [-0.15, -0.1) is 0 Å². The number of aryl methyl sites for hydroxylation is 2. The fraction of sp³-hybridized carbons (Fsp3) is 0.160. The van der Waals surface area contributed by atoms with E-state index in [1.807, 2.05) is 32.0 Å². The van der Waals surface area contributed by atoms with Crippen molar-refractivity contribution in [3.8, 4) is 11.5 Å². The standard InChI is InChI=1S/C25H25N3O5/c1-16-5-4-6-19(13-16)24(30)26-20-10-8-18(9-11-20)25(31)28-27-23(29)15-33-21-12-7-17(2)14-22(21)32-3/h4-14H,15H2,1-3H3,(H,26,30)(H,27,29)(H,28,31). The number of nitrogens with one attached hydrogen (secondary N) is 3. The van der Waals surface area contributed by atoms with E-state index in [1.54, 1.807) is 48.5 Å². The summed E-state index contributed by atoms with van der Waals surface area (Å²) < 4.78 is 10.7. The van der Waals surface area contributed by atoms with Crippen molar-refractivity contribution in [2.45, 2.75) is 13.8 Å². The van der Waals surface area contributed by atoms with Gasteiger partial charge in [0.05, 0.1) is 7.11 Å². The zero-order chi connectivity index (χ0) is 23.8. The summed E-state index contributed by atoms with van der Waals surface area (Å²) >= 11 is 0. The van der Waals surface area contributed by atoms with E-state index in [4.69, 9.17) is 9.47 Å². The first kappa shape index (κ1) is 23.3. The Morgan fingerprint density at radius 1 is 0.758 bits per heavy atom. The summed E-state index contributed by atoms with van der Waals surface area (Å²) in [5, 5.41) is 2.78. The summed E-state index contributed by atoms with van der Waals surface area (Å²) in [6, 6.07) is 18.9. The third-order valence-electron chi connectivity index (χ3n) is 4.68. The molecule has 3 aromatic carbocycles. The minimum absolute atomic E-state index is 0.242. The van der Waals surface area contributed by atoms with Crippen LogP contribution in [0.2, 0.25) is 0 Å². The average Bonchev–Trinajstić information content (AvgIpc) is 2.82. The Hall–Kier alpha value is -4.33. The van der Waals surface area contributed by atoms with Gasteiger partial charge in [-0.25, -0.2) is 0 Å². The zero-order valence-electron chi connectivity index (χ0n) is 18.6. The van der Waals surface area contributed by atoms with Gasteiger partial charge in [-0.3, -0.25) is 25.2 Å². The number of hydrogen-bond acceptors (Lipinski definition) is 5. The van der Waals surface area contributed by atoms with E-state index in [2.05, 4.69) is 16.2 Å². The topological polar surface area (TPSA) is 106 Å². The Kier molecular flexibility index (Phi) is 7.64. The molecule has 8 nitrogen and oxygen atoms in total. The number of benzene rings is 3. The lowest BCUT2D eigenvalue weighted by Gasteiger charge is -2.12. The summed E-state index contributed by atoms with van der Waals surface area (Å²) in [6.45, 7) is 3.53. The minimum atomic E-state index is -0.534. The van der Waals surface area contributed by atoms with Crippen molar-refractivity contribution in [2.75, 3.05) is 19.0 Å². The molecule has 0 bridgehead atoms. The number of ether oxygens (including phenoxy) is 2. The third-order valence-corrected chi connectivity index (χ3v) is 4.68. The monoisotopic (exact) mass is 447 g/mol. The zero-order valence-corrected chi connectivity index (χ0v) is 18.6. The van der Waals surface area contributed by atoms with Crippen LogP contribution >= 0.6 is 0 Å². The molecule has 0 aliphatic heterocycles. The number of amides is 3. The first-order valence-electron chi connectivity index (χ1n) is 10.2. The van der Waals surface area contributed by atoms with Gasteiger partial charge in [0, 0.05) is 16.8 Å². The molecule has 0 heterocycles. The maximum atomic E-state index is 12.3. The molecule has 0 spiro atoms. The number of carbonyl (C=O) groups is 3. The van der Waals surface area contributed by atoms with Gasteiger partial charge in [0.15, 0.2) is 18.1 Å². The van der Waals surface area contributed by atoms with Crippen LogP contribution in [-0.2, 0) is 4.79 Å². The van der Waals surface area contributed by atoms with E-state index < -0.39 is 11.8 Å². The Morgan fingerprint density at radius 2 is 1.48 bits per heavy atom. The molecule has 0 radical (unpaired) electrons. The van der Waals surface area contributed by atoms with E-state index in [9.17, 15) is 14.4 Å². The maximum absolute atomic E-state index is 12.3. The molecule has 0 unspecified atom stereocenters. The molecule has 0 fully saturated rings. The molecular weight excluding hydrogens is 422 g/mol. The van der Waals surface area contributed by atoms with Gasteiger partial charge >= 0.3 is 0 Å². The van der Waals surface area contributed by atoms with Gasteiger partial charge in [0.1, 0.15) is 0 Å². The van der Waals surface area contributed by atoms with Gasteiger partial charge < -0.3 is 14.8 Å². The lowest BCUT2D eigenvalue weighted by molar-refractivity contribution is -0.123. The fourth-order valence-corrected chi connectivity index (χ4v) is 2.97. The normalized spacial score (nSPS) is 10.2. The van der Waals surface area contributed by atoms with Crippen LogP contribution in [0.1, 0.15) is 31.8 Å². The number of methoxy groups -OCH3 is 1. The largest absolute Gasteiger partial charge is 0.493 e. The van der Waals surface area contributed by atoms with Crippen LogP contribution in [0, 0.1) is 13.8 Å². The summed E-state index contributed by atoms with van der Waals surface area (Å²) in [5.41, 5.74) is 8.01. The van der Waals surface area contributed by atoms with Crippen molar-refractivity contribution in [1.29, 1.82) is 0 Å². The van der Waals surface area contributed by atoms with E-state index >= 15 is 0 Å². The van der Waals surface area contributed by atoms with E-state index in [0.29, 0.717) is 28.3 Å². The average molecular weight is 447 g/mol. The Morgan fingerprint density at radius 3 is 2.18 bits per heavy atom. The smallest absolute Gasteiger partial charge is 0.276 e. The molecule has 0 aliphatic carbocycles. The SMILES string of the molecule is COc1cc(C)ccc1OCC(=O)NNC(=O)c1ccc(NC(=O)c2cccc(C)c2)cc1. The van der Waals surface area contributed by atoms with Gasteiger partial charge in [-0.05, 0) is 67.9 Å². The Balaban J connectivity index is 1.48. The second-order valence-corrected chi connectivity index (χ2v) is 7.35. The van der Waals surface area contributed by atoms with Crippen LogP contribution in [-0.4, -0.2) is 31.4 Å². The number of carbonyl (C=O) groups excluding carboxylic acids is 3. The van der Waals surface area contributed by atoms with E-state index in [1.165, 1.54) is 7.11 Å². The molecule has 3 amide bonds. The summed E-state index contributed by atoms with van der Waals surface area (Å²) in [6.07, 6.45) is 0. The molecule has 0 saturated heterocycles. The molecule has 8 heteroatoms. The minimum Gasteiger partial charge on any atom is -0.493 e. The number of anilines is 1. The first-order valence-corrected chi connectivity index (χ1v) is 10.2. The molecule has 33 heavy (non-hydrogen) atoms. The third kappa shape index (κ3) is 6.57. The number of rotatable bonds is 7. The molecule has 3 rings (SSSR count). The maximum Gasteiger partial charge on any atom is 0.276 e. The van der Waals surface area contributed by atoms with Crippen LogP contribution in [0.4, 0.5) is 5.69 Å². The summed E-state index contributed by atoms with van der Waals surface area (Å²) in [5.74, 6) is -0.344. The highest BCUT2D eigenvalue weighted by Crippen LogP contribution is 2.27. The van der Waals surface area contributed by atoms with Crippen LogP contribution in [0.25, 0.3) is 0 Å². The van der Waals surface area contributed by atoms with Crippen molar-refractivity contribution in [1.82, 2.24) is 10.9 Å². The van der Waals surface area contributed by atoms with Gasteiger partial charge in [-0.2, -0.15) is 0 Å². The molecule has 0 aliphatic rings. The van der Waals surface area contributed by atoms with E-state index in [-0.39, 0.29) is 12.5 Å². The molecule has 3 N–H and O–H groups in total. The van der Waals surface area contributed by atoms with Gasteiger partial charge in [0.2, 0.25) is 0 Å². The molecular formula is C25H25N3O5. The van der Waals surface area contributed by atoms with Gasteiger partial charge in [0.25, 0.3) is 17.7 Å². The van der Waals surface area contributed by atoms with E-state index in [0.717, 1.165) is 11.1 Å². The predicted molar refractivity (Wildman–Crippen MR) is 124 cm³/mol. The second-order valence-electron chi connectivity index (χ2n) is 7.35. The van der Waals surface area contributed by atoms with Crippen LogP contribution in [0.15, 0.2) is 66.7 Å². The summed E-state index contributed by atoms with van der Waals surface area (Å²) in [4.78, 5) is 36.6. The fourth-order valence-electron chi connectivity index (χ4n) is 2.97.